The number of aliphatic hydroxyl groups excluding tert-OH is 1. The van der Waals surface area contributed by atoms with Crippen LogP contribution < -0.4 is 0 Å². The summed E-state index contributed by atoms with van der Waals surface area (Å²) in [5, 5.41) is 14.2. The van der Waals surface area contributed by atoms with E-state index in [9.17, 15) is 9.90 Å². The van der Waals surface area contributed by atoms with E-state index in [0.717, 1.165) is 43.9 Å². The van der Waals surface area contributed by atoms with Crippen LogP contribution in [0.4, 0.5) is 0 Å². The number of ether oxygens (including phenoxy) is 1. The number of rotatable bonds is 6. The smallest absolute Gasteiger partial charge is 0.328 e. The lowest BCUT2D eigenvalue weighted by atomic mass is 9.92. The van der Waals surface area contributed by atoms with Gasteiger partial charge in [0.05, 0.1) is 17.9 Å². The van der Waals surface area contributed by atoms with Crippen LogP contribution in [0.3, 0.4) is 0 Å². The molecule has 0 radical (unpaired) electrons. The van der Waals surface area contributed by atoms with E-state index in [1.165, 1.54) is 5.56 Å². The number of hydrogen-bond donors (Lipinski definition) is 1. The van der Waals surface area contributed by atoms with Crippen LogP contribution in [0.2, 0.25) is 0 Å². The number of carbonyl (C=O) groups is 1. The number of nitrogens with zero attached hydrogens (tertiary/aromatic N) is 3. The van der Waals surface area contributed by atoms with Gasteiger partial charge in [-0.1, -0.05) is 0 Å². The lowest BCUT2D eigenvalue weighted by Gasteiger charge is -2.33. The van der Waals surface area contributed by atoms with Crippen molar-refractivity contribution in [1.29, 1.82) is 0 Å². The predicted molar refractivity (Wildman–Crippen MR) is 92.6 cm³/mol. The highest BCUT2D eigenvalue weighted by molar-refractivity contribution is 5.69. The first-order chi connectivity index (χ1) is 11.3. The molecule has 1 aromatic heterocycles. The van der Waals surface area contributed by atoms with Crippen molar-refractivity contribution in [3.63, 3.8) is 0 Å². The molecule has 1 aliphatic heterocycles. The summed E-state index contributed by atoms with van der Waals surface area (Å²) in [6.45, 7) is 12.6. The van der Waals surface area contributed by atoms with E-state index in [0.29, 0.717) is 5.92 Å². The van der Waals surface area contributed by atoms with Crippen LogP contribution >= 0.6 is 0 Å². The zero-order valence-electron chi connectivity index (χ0n) is 15.6. The van der Waals surface area contributed by atoms with Crippen LogP contribution in [0.25, 0.3) is 0 Å². The molecule has 136 valence electrons. The van der Waals surface area contributed by atoms with Crippen LogP contribution in [-0.2, 0) is 22.6 Å². The number of esters is 1. The third-order valence-corrected chi connectivity index (χ3v) is 4.87. The molecule has 0 aliphatic carbocycles. The van der Waals surface area contributed by atoms with Crippen molar-refractivity contribution in [2.24, 2.45) is 5.92 Å². The number of likely N-dealkylation sites (tertiary alicyclic amines) is 1. The molecule has 24 heavy (non-hydrogen) atoms. The van der Waals surface area contributed by atoms with Gasteiger partial charge in [0, 0.05) is 17.8 Å². The molecular formula is C18H31N3O3. The van der Waals surface area contributed by atoms with Gasteiger partial charge in [0.1, 0.15) is 6.54 Å². The van der Waals surface area contributed by atoms with Gasteiger partial charge >= 0.3 is 5.97 Å². The molecule has 1 aliphatic rings. The van der Waals surface area contributed by atoms with Crippen LogP contribution in [0, 0.1) is 19.8 Å². The van der Waals surface area contributed by atoms with Crippen molar-refractivity contribution in [2.45, 2.75) is 72.8 Å². The van der Waals surface area contributed by atoms with Gasteiger partial charge in [-0.25, -0.2) is 0 Å². The van der Waals surface area contributed by atoms with E-state index in [2.05, 4.69) is 10.00 Å². The molecule has 2 rings (SSSR count). The summed E-state index contributed by atoms with van der Waals surface area (Å²) in [5.74, 6) is 0.164. The van der Waals surface area contributed by atoms with E-state index >= 15 is 0 Å². The van der Waals surface area contributed by atoms with Crippen molar-refractivity contribution in [1.82, 2.24) is 14.7 Å². The van der Waals surface area contributed by atoms with Crippen LogP contribution in [-0.4, -0.2) is 51.1 Å². The molecule has 0 aromatic carbocycles. The number of aryl methyl sites for hydroxylation is 1. The number of hydrogen-bond acceptors (Lipinski definition) is 5. The van der Waals surface area contributed by atoms with Crippen molar-refractivity contribution >= 4 is 5.97 Å². The van der Waals surface area contributed by atoms with E-state index in [1.807, 2.05) is 34.6 Å². The number of piperidine rings is 1. The van der Waals surface area contributed by atoms with Gasteiger partial charge in [-0.2, -0.15) is 5.10 Å². The fraction of sp³-hybridized carbons (Fsp3) is 0.778. The number of aliphatic hydroxyl groups is 1. The normalized spacial score (nSPS) is 18.1. The molecule has 1 fully saturated rings. The SMILES string of the molecule is Cc1nn(CC(=O)OC(C)C)c(C)c1CN1CCC(C(C)O)CC1. The van der Waals surface area contributed by atoms with Gasteiger partial charge in [-0.3, -0.25) is 14.4 Å². The number of aromatic nitrogens is 2. The standard InChI is InChI=1S/C18H31N3O3/c1-12(2)24-18(23)11-21-14(4)17(13(3)19-21)10-20-8-6-16(7-9-20)15(5)22/h12,15-16,22H,6-11H2,1-5H3. The molecule has 0 saturated carbocycles. The average Bonchev–Trinajstić information content (AvgIpc) is 2.74. The molecule has 1 aromatic rings. The monoisotopic (exact) mass is 337 g/mol. The molecule has 1 atom stereocenters. The number of carbonyl (C=O) groups excluding carboxylic acids is 1. The quantitative estimate of drug-likeness (QED) is 0.805. The van der Waals surface area contributed by atoms with Crippen molar-refractivity contribution in [2.75, 3.05) is 13.1 Å². The van der Waals surface area contributed by atoms with E-state index in [4.69, 9.17) is 4.74 Å². The molecule has 0 spiro atoms. The average molecular weight is 337 g/mol. The minimum atomic E-state index is -0.250. The van der Waals surface area contributed by atoms with Gasteiger partial charge in [-0.05, 0) is 66.5 Å². The molecule has 0 amide bonds. The maximum absolute atomic E-state index is 11.9. The van der Waals surface area contributed by atoms with Gasteiger partial charge in [-0.15, -0.1) is 0 Å². The van der Waals surface area contributed by atoms with Crippen molar-refractivity contribution in [3.8, 4) is 0 Å². The highest BCUT2D eigenvalue weighted by Gasteiger charge is 2.24. The van der Waals surface area contributed by atoms with Crippen LogP contribution in [0.15, 0.2) is 0 Å². The summed E-state index contributed by atoms with van der Waals surface area (Å²) in [7, 11) is 0. The van der Waals surface area contributed by atoms with Crippen molar-refractivity contribution in [3.05, 3.63) is 17.0 Å². The van der Waals surface area contributed by atoms with E-state index in [1.54, 1.807) is 4.68 Å². The fourth-order valence-corrected chi connectivity index (χ4v) is 3.36. The first kappa shape index (κ1) is 18.9. The van der Waals surface area contributed by atoms with Gasteiger partial charge in [0.25, 0.3) is 0 Å². The summed E-state index contributed by atoms with van der Waals surface area (Å²) in [5.41, 5.74) is 3.20. The maximum Gasteiger partial charge on any atom is 0.328 e. The second-order valence-electron chi connectivity index (χ2n) is 7.20. The Morgan fingerprint density at radius 1 is 1.29 bits per heavy atom. The Hall–Kier alpha value is -1.40. The van der Waals surface area contributed by atoms with Crippen LogP contribution in [0.1, 0.15) is 50.6 Å². The molecule has 6 heteroatoms. The van der Waals surface area contributed by atoms with E-state index in [-0.39, 0.29) is 24.7 Å². The zero-order valence-corrected chi connectivity index (χ0v) is 15.6. The summed E-state index contributed by atoms with van der Waals surface area (Å²) >= 11 is 0. The van der Waals surface area contributed by atoms with Gasteiger partial charge in [0.2, 0.25) is 0 Å². The topological polar surface area (TPSA) is 67.6 Å². The lowest BCUT2D eigenvalue weighted by Crippen LogP contribution is -2.36. The largest absolute Gasteiger partial charge is 0.462 e. The molecule has 6 nitrogen and oxygen atoms in total. The van der Waals surface area contributed by atoms with Crippen LogP contribution in [0.5, 0.6) is 0 Å². The van der Waals surface area contributed by atoms with E-state index < -0.39 is 0 Å². The maximum atomic E-state index is 11.9. The third kappa shape index (κ3) is 4.80. The summed E-state index contributed by atoms with van der Waals surface area (Å²) in [6, 6.07) is 0. The molecule has 0 bridgehead atoms. The Labute approximate surface area is 144 Å². The summed E-state index contributed by atoms with van der Waals surface area (Å²) < 4.78 is 6.96. The lowest BCUT2D eigenvalue weighted by molar-refractivity contribution is -0.148. The Morgan fingerprint density at radius 2 is 1.92 bits per heavy atom. The highest BCUT2D eigenvalue weighted by atomic mass is 16.5. The third-order valence-electron chi connectivity index (χ3n) is 4.87. The summed E-state index contributed by atoms with van der Waals surface area (Å²) in [6.07, 6.45) is 1.74. The fourth-order valence-electron chi connectivity index (χ4n) is 3.36. The zero-order chi connectivity index (χ0) is 17.9. The minimum absolute atomic E-state index is 0.107. The first-order valence-corrected chi connectivity index (χ1v) is 8.90. The Kier molecular flexibility index (Phi) is 6.40. The molecule has 1 N–H and O–H groups in total. The Morgan fingerprint density at radius 3 is 2.46 bits per heavy atom. The summed E-state index contributed by atoms with van der Waals surface area (Å²) in [4.78, 5) is 14.3. The first-order valence-electron chi connectivity index (χ1n) is 8.90. The molecular weight excluding hydrogens is 306 g/mol. The van der Waals surface area contributed by atoms with Gasteiger partial charge in [0.15, 0.2) is 0 Å². The molecule has 1 unspecified atom stereocenters. The second kappa shape index (κ2) is 8.12. The highest BCUT2D eigenvalue weighted by Crippen LogP contribution is 2.23. The molecule has 1 saturated heterocycles. The Bertz CT molecular complexity index is 558. The predicted octanol–water partition coefficient (Wildman–Crippen LogP) is 2.04. The van der Waals surface area contributed by atoms with Gasteiger partial charge < -0.3 is 9.84 Å². The second-order valence-corrected chi connectivity index (χ2v) is 7.20. The minimum Gasteiger partial charge on any atom is -0.462 e. The Balaban J connectivity index is 1.98. The van der Waals surface area contributed by atoms with Crippen molar-refractivity contribution < 1.29 is 14.6 Å². The molecule has 2 heterocycles.